The molecule has 2 aliphatic heterocycles. The zero-order valence-corrected chi connectivity index (χ0v) is 31.1. The van der Waals surface area contributed by atoms with Crippen LogP contribution in [-0.4, -0.2) is 59.3 Å². The Morgan fingerprint density at radius 1 is 0.833 bits per heavy atom. The molecule has 0 saturated carbocycles. The number of aliphatic hydroxyl groups is 1. The number of nitriles is 1. The summed E-state index contributed by atoms with van der Waals surface area (Å²) in [4.78, 5) is 60.2. The number of Topliss-reactive ketones (excluding diaryl/α,β-unsaturated/α-hetero) is 1. The molecule has 0 bridgehead atoms. The molecule has 0 saturated heterocycles. The number of fused-ring (bicyclic) bond motifs is 2. The van der Waals surface area contributed by atoms with E-state index in [0.717, 1.165) is 4.47 Å². The Labute approximate surface area is 296 Å². The number of likely N-dealkylation sites (N-methyl/N-ethyl adjacent to an activating group) is 2. The fourth-order valence-electron chi connectivity index (χ4n) is 4.15. The maximum absolute atomic E-state index is 12.4. The van der Waals surface area contributed by atoms with Gasteiger partial charge >= 0.3 is 5.97 Å². The Balaban J connectivity index is 0.000000245. The van der Waals surface area contributed by atoms with Crippen LogP contribution in [-0.2, 0) is 20.0 Å². The molecule has 0 fully saturated rings. The first-order valence-electron chi connectivity index (χ1n) is 14.5. The van der Waals surface area contributed by atoms with Crippen molar-refractivity contribution in [2.24, 2.45) is 5.41 Å². The first kappa shape index (κ1) is 39.8. The maximum Gasteiger partial charge on any atom is 0.335 e. The first-order chi connectivity index (χ1) is 22.0. The van der Waals surface area contributed by atoms with E-state index in [0.29, 0.717) is 32.5 Å². The highest BCUT2D eigenvalue weighted by Gasteiger charge is 2.55. The number of nitrogens with zero attached hydrogens (tertiary/aromatic N) is 3. The van der Waals surface area contributed by atoms with Gasteiger partial charge in [0.2, 0.25) is 0 Å². The number of ketones is 1. The van der Waals surface area contributed by atoms with Crippen LogP contribution < -0.4 is 15.1 Å². The zero-order valence-electron chi connectivity index (χ0n) is 27.9. The van der Waals surface area contributed by atoms with Gasteiger partial charge in [-0.3, -0.25) is 19.2 Å². The minimum Gasteiger partial charge on any atom is -0.478 e. The summed E-state index contributed by atoms with van der Waals surface area (Å²) >= 11 is 6.54. The van der Waals surface area contributed by atoms with Crippen molar-refractivity contribution in [2.75, 3.05) is 23.9 Å². The predicted octanol–water partition coefficient (Wildman–Crippen LogP) is 6.08. The summed E-state index contributed by atoms with van der Waals surface area (Å²) in [7, 11) is 3.14. The number of nitrogens with one attached hydrogen (secondary N) is 1. The third-order valence-corrected chi connectivity index (χ3v) is 7.55. The highest BCUT2D eigenvalue weighted by molar-refractivity contribution is 9.10. The fraction of sp³-hybridized carbons (Fsp3) is 0.314. The van der Waals surface area contributed by atoms with Gasteiger partial charge in [-0.15, -0.1) is 0 Å². The van der Waals surface area contributed by atoms with Gasteiger partial charge in [0.25, 0.3) is 29.1 Å². The number of rotatable bonds is 2. The van der Waals surface area contributed by atoms with Crippen LogP contribution in [0.15, 0.2) is 75.7 Å². The van der Waals surface area contributed by atoms with Crippen LogP contribution in [0.2, 0.25) is 0 Å². The summed E-state index contributed by atoms with van der Waals surface area (Å²) in [6, 6.07) is 20.7. The summed E-state index contributed by atoms with van der Waals surface area (Å²) in [5.74, 6) is -3.13. The number of carbonyl (C=O) groups excluding carboxylic acids is 4. The van der Waals surface area contributed by atoms with E-state index in [-0.39, 0.29) is 5.41 Å². The average Bonchev–Trinajstić information content (AvgIpc) is 3.34. The highest BCUT2D eigenvalue weighted by atomic mass is 79.9. The lowest BCUT2D eigenvalue weighted by atomic mass is 9.93. The normalized spacial score (nSPS) is 16.2. The van der Waals surface area contributed by atoms with Crippen molar-refractivity contribution in [1.82, 2.24) is 5.32 Å². The van der Waals surface area contributed by atoms with Crippen molar-refractivity contribution in [2.45, 2.75) is 52.7 Å². The lowest BCUT2D eigenvalue weighted by Gasteiger charge is -2.27. The molecule has 0 radical (unpaired) electrons. The summed E-state index contributed by atoms with van der Waals surface area (Å²) < 4.78 is 1.50. The second kappa shape index (κ2) is 15.7. The van der Waals surface area contributed by atoms with Gasteiger partial charge in [0, 0.05) is 39.6 Å². The monoisotopic (exact) mass is 784 g/mol. The Hall–Kier alpha value is -4.38. The smallest absolute Gasteiger partial charge is 0.335 e. The summed E-state index contributed by atoms with van der Waals surface area (Å²) in [6.07, 6.45) is 0. The maximum atomic E-state index is 12.4. The number of hydrogen-bond donors (Lipinski definition) is 3. The molecule has 13 heteroatoms. The Kier molecular flexibility index (Phi) is 13.0. The Morgan fingerprint density at radius 2 is 1.33 bits per heavy atom. The van der Waals surface area contributed by atoms with Crippen molar-refractivity contribution in [3.8, 4) is 6.07 Å². The molecule has 3 aromatic carbocycles. The second-order valence-electron chi connectivity index (χ2n) is 12.8. The molecular formula is C35H38Br2N4O7. The first-order valence-corrected chi connectivity index (χ1v) is 16.1. The minimum atomic E-state index is -2.18. The van der Waals surface area contributed by atoms with Crippen LogP contribution >= 0.6 is 31.9 Å². The topological polar surface area (TPSA) is 168 Å². The van der Waals surface area contributed by atoms with Crippen LogP contribution in [0.5, 0.6) is 0 Å². The van der Waals surface area contributed by atoms with Crippen molar-refractivity contribution in [1.29, 1.82) is 5.26 Å². The number of halogens is 2. The lowest BCUT2D eigenvalue weighted by molar-refractivity contribution is -0.152. The fourth-order valence-corrected chi connectivity index (χ4v) is 4.87. The van der Waals surface area contributed by atoms with E-state index in [2.05, 4.69) is 43.2 Å². The molecule has 3 aromatic rings. The largest absolute Gasteiger partial charge is 0.478 e. The van der Waals surface area contributed by atoms with Crippen LogP contribution in [0.25, 0.3) is 0 Å². The van der Waals surface area contributed by atoms with E-state index in [1.54, 1.807) is 94.5 Å². The molecule has 2 heterocycles. The number of benzene rings is 3. The number of anilines is 2. The quantitative estimate of drug-likeness (QED) is 0.208. The number of carbonyl (C=O) groups is 5. The van der Waals surface area contributed by atoms with Crippen molar-refractivity contribution >= 4 is 72.7 Å². The number of carboxylic acids is 1. The zero-order chi connectivity index (χ0) is 36.8. The van der Waals surface area contributed by atoms with E-state index in [1.807, 2.05) is 20.8 Å². The molecular weight excluding hydrogens is 748 g/mol. The molecule has 0 spiro atoms. The summed E-state index contributed by atoms with van der Waals surface area (Å²) in [6.45, 7) is 11.0. The molecule has 1 unspecified atom stereocenters. The number of aromatic carboxylic acids is 1. The standard InChI is InChI=1S/C14H17BrN2O3.C9H6BrNO2.C7H6O2.C5H9N/c1-13(2,3)16-11(18)14(20)9-7-8(15)5-6-10(9)17(4)12(14)19;1-11-7-3-2-5(10)4-6(7)8(12)9(11)13;8-7(9)6-4-2-1-3-5-6;1-5(2,3)4-6/h5-7,20H,1-4H3,(H,16,18);2-4H,1H3;1-5H,(H,8,9);1-3H3. The minimum absolute atomic E-state index is 0.153. The molecule has 254 valence electrons. The van der Waals surface area contributed by atoms with Crippen LogP contribution in [0, 0.1) is 16.7 Å². The van der Waals surface area contributed by atoms with Gasteiger partial charge in [-0.05, 0) is 90.1 Å². The van der Waals surface area contributed by atoms with Gasteiger partial charge < -0.3 is 25.3 Å². The molecule has 2 aliphatic rings. The Morgan fingerprint density at radius 3 is 1.79 bits per heavy atom. The van der Waals surface area contributed by atoms with Gasteiger partial charge in [0.15, 0.2) is 0 Å². The van der Waals surface area contributed by atoms with E-state index >= 15 is 0 Å². The second-order valence-corrected chi connectivity index (χ2v) is 14.7. The Bertz CT molecular complexity index is 1760. The van der Waals surface area contributed by atoms with Gasteiger partial charge in [0.05, 0.1) is 28.6 Å². The van der Waals surface area contributed by atoms with E-state index in [1.165, 1.54) is 16.8 Å². The number of carboxylic acid groups (broad SMARTS) is 1. The predicted molar refractivity (Wildman–Crippen MR) is 190 cm³/mol. The number of amides is 3. The molecule has 11 nitrogen and oxygen atoms in total. The summed E-state index contributed by atoms with van der Waals surface area (Å²) in [5, 5.41) is 29.9. The molecule has 5 rings (SSSR count). The third kappa shape index (κ3) is 9.82. The number of hydrogen-bond acceptors (Lipinski definition) is 7. The molecule has 0 aliphatic carbocycles. The average molecular weight is 787 g/mol. The lowest BCUT2D eigenvalue weighted by Crippen LogP contribution is -2.55. The van der Waals surface area contributed by atoms with Crippen molar-refractivity contribution in [3.05, 3.63) is 92.4 Å². The highest BCUT2D eigenvalue weighted by Crippen LogP contribution is 2.41. The van der Waals surface area contributed by atoms with E-state index < -0.39 is 40.6 Å². The summed E-state index contributed by atoms with van der Waals surface area (Å²) in [5.41, 5.74) is -0.565. The molecule has 1 atom stereocenters. The van der Waals surface area contributed by atoms with E-state index in [9.17, 15) is 29.1 Å². The van der Waals surface area contributed by atoms with Crippen molar-refractivity contribution < 1.29 is 34.2 Å². The molecule has 0 aromatic heterocycles. The SMILES string of the molecule is CC(C)(C)C#N.CN1C(=O)C(=O)c2cc(Br)ccc21.CN1C(=O)C(O)(C(=O)NC(C)(C)C)c2cc(Br)ccc21.O=C(O)c1ccccc1. The molecule has 3 N–H and O–H groups in total. The van der Waals surface area contributed by atoms with Gasteiger partial charge in [-0.25, -0.2) is 4.79 Å². The van der Waals surface area contributed by atoms with Crippen LogP contribution in [0.4, 0.5) is 11.4 Å². The molecule has 3 amide bonds. The van der Waals surface area contributed by atoms with Crippen molar-refractivity contribution in [3.63, 3.8) is 0 Å². The molecule has 48 heavy (non-hydrogen) atoms. The van der Waals surface area contributed by atoms with E-state index in [4.69, 9.17) is 10.4 Å². The van der Waals surface area contributed by atoms with Gasteiger partial charge in [-0.1, -0.05) is 50.1 Å². The van der Waals surface area contributed by atoms with Crippen LogP contribution in [0.3, 0.4) is 0 Å². The van der Waals surface area contributed by atoms with Gasteiger partial charge in [0.1, 0.15) is 0 Å². The third-order valence-electron chi connectivity index (χ3n) is 6.56. The van der Waals surface area contributed by atoms with Gasteiger partial charge in [-0.2, -0.15) is 5.26 Å². The van der Waals surface area contributed by atoms with Crippen LogP contribution in [0.1, 0.15) is 67.8 Å².